The largest absolute Gasteiger partial charge is 0.381 e. The summed E-state index contributed by atoms with van der Waals surface area (Å²) in [6, 6.07) is 2.76. The Labute approximate surface area is 114 Å². The summed E-state index contributed by atoms with van der Waals surface area (Å²) in [5, 5.41) is 8.68. The Hall–Kier alpha value is -1.99. The van der Waals surface area contributed by atoms with E-state index in [0.717, 1.165) is 0 Å². The maximum Gasteiger partial charge on any atom is 0.278 e. The molecule has 1 fully saturated rings. The number of carbonyl (C=O) groups is 2. The lowest BCUT2D eigenvalue weighted by Crippen LogP contribution is -2.27. The molecular weight excluding hydrogens is 267 g/mol. The highest BCUT2D eigenvalue weighted by Crippen LogP contribution is 2.31. The quantitative estimate of drug-likeness (QED) is 0.567. The average Bonchev–Trinajstić information content (AvgIpc) is 2.46. The number of carbonyl (C=O) groups excluding carboxylic acids is 2. The molecule has 0 spiro atoms. The van der Waals surface area contributed by atoms with Crippen molar-refractivity contribution in [1.29, 1.82) is 0 Å². The molecule has 2 amide bonds. The summed E-state index contributed by atoms with van der Waals surface area (Å²) in [4.78, 5) is 22.8. The lowest BCUT2D eigenvalue weighted by molar-refractivity contribution is 0.0696. The van der Waals surface area contributed by atoms with Crippen LogP contribution in [0.15, 0.2) is 12.1 Å². The Bertz CT molecular complexity index is 541. The summed E-state index contributed by atoms with van der Waals surface area (Å²) >= 11 is 0. The summed E-state index contributed by atoms with van der Waals surface area (Å²) in [5.41, 5.74) is 6.00. The van der Waals surface area contributed by atoms with Gasteiger partial charge in [-0.25, -0.2) is 9.87 Å². The van der Waals surface area contributed by atoms with Crippen LogP contribution in [0.25, 0.3) is 0 Å². The molecule has 4 N–H and O–H groups in total. The lowest BCUT2D eigenvalue weighted by Gasteiger charge is -2.23. The van der Waals surface area contributed by atoms with Gasteiger partial charge in [-0.3, -0.25) is 14.8 Å². The third-order valence-corrected chi connectivity index (χ3v) is 3.43. The first-order valence-corrected chi connectivity index (χ1v) is 6.20. The summed E-state index contributed by atoms with van der Waals surface area (Å²) in [6.07, 6.45) is 1.26. The van der Waals surface area contributed by atoms with Gasteiger partial charge in [-0.2, -0.15) is 0 Å². The van der Waals surface area contributed by atoms with Gasteiger partial charge in [-0.05, 0) is 30.4 Å². The minimum atomic E-state index is -1.09. The van der Waals surface area contributed by atoms with E-state index < -0.39 is 23.2 Å². The number of hydrogen-bond donors (Lipinski definition) is 3. The smallest absolute Gasteiger partial charge is 0.278 e. The lowest BCUT2D eigenvalue weighted by atomic mass is 9.88. The average molecular weight is 282 g/mol. The molecule has 0 bridgehead atoms. The zero-order chi connectivity index (χ0) is 14.7. The maximum absolute atomic E-state index is 14.5. The van der Waals surface area contributed by atoms with E-state index in [1.54, 1.807) is 0 Å². The van der Waals surface area contributed by atoms with Crippen LogP contribution in [-0.2, 0) is 4.74 Å². The Balaban J connectivity index is 2.50. The number of nitrogens with two attached hydrogens (primary N) is 1. The van der Waals surface area contributed by atoms with Crippen molar-refractivity contribution in [3.63, 3.8) is 0 Å². The van der Waals surface area contributed by atoms with Crippen LogP contribution in [0.5, 0.6) is 0 Å². The van der Waals surface area contributed by atoms with Gasteiger partial charge >= 0.3 is 0 Å². The van der Waals surface area contributed by atoms with Crippen LogP contribution in [0.3, 0.4) is 0 Å². The van der Waals surface area contributed by atoms with Crippen molar-refractivity contribution in [3.8, 4) is 0 Å². The predicted molar refractivity (Wildman–Crippen MR) is 67.0 cm³/mol. The van der Waals surface area contributed by atoms with Crippen LogP contribution in [0, 0.1) is 5.82 Å². The number of hydrogen-bond acceptors (Lipinski definition) is 4. The van der Waals surface area contributed by atoms with Gasteiger partial charge in [0.2, 0.25) is 5.91 Å². The zero-order valence-electron chi connectivity index (χ0n) is 10.7. The Morgan fingerprint density at radius 3 is 2.55 bits per heavy atom. The normalized spacial score (nSPS) is 15.9. The molecule has 6 nitrogen and oxygen atoms in total. The van der Waals surface area contributed by atoms with Crippen LogP contribution in [0.1, 0.15) is 45.0 Å². The molecule has 0 aromatic heterocycles. The van der Waals surface area contributed by atoms with E-state index in [-0.39, 0.29) is 11.5 Å². The number of rotatable bonds is 3. The minimum absolute atomic E-state index is 0.0871. The van der Waals surface area contributed by atoms with Gasteiger partial charge in [0.1, 0.15) is 5.82 Å². The third kappa shape index (κ3) is 2.63. The molecule has 2 rings (SSSR count). The molecule has 1 aliphatic heterocycles. The molecule has 20 heavy (non-hydrogen) atoms. The standard InChI is InChI=1S/C13H15FN2O4/c14-11-8(7-3-5-20-6-4-7)1-2-9(12(15)17)10(11)13(18)16-19/h1-2,7,19H,3-6H2,(H2,15,17)(H,16,18). The maximum atomic E-state index is 14.5. The second kappa shape index (κ2) is 5.98. The summed E-state index contributed by atoms with van der Waals surface area (Å²) in [5.74, 6) is -2.93. The number of nitrogens with one attached hydrogen (secondary N) is 1. The summed E-state index contributed by atoms with van der Waals surface area (Å²) < 4.78 is 19.7. The molecule has 1 aromatic rings. The molecule has 7 heteroatoms. The van der Waals surface area contributed by atoms with Crippen molar-refractivity contribution >= 4 is 11.8 Å². The number of hydroxylamine groups is 1. The fourth-order valence-electron chi connectivity index (χ4n) is 2.40. The number of primary amides is 1. The van der Waals surface area contributed by atoms with Crippen molar-refractivity contribution in [1.82, 2.24) is 5.48 Å². The highest BCUT2D eigenvalue weighted by molar-refractivity contribution is 6.06. The Morgan fingerprint density at radius 2 is 2.00 bits per heavy atom. The molecule has 0 atom stereocenters. The molecule has 1 aromatic carbocycles. The van der Waals surface area contributed by atoms with Crippen molar-refractivity contribution < 1.29 is 23.9 Å². The van der Waals surface area contributed by atoms with Crippen LogP contribution in [-0.4, -0.2) is 30.2 Å². The van der Waals surface area contributed by atoms with Gasteiger partial charge in [-0.15, -0.1) is 0 Å². The molecule has 1 aliphatic rings. The second-order valence-corrected chi connectivity index (χ2v) is 4.58. The topological polar surface area (TPSA) is 102 Å². The first-order chi connectivity index (χ1) is 9.56. The Morgan fingerprint density at radius 1 is 1.35 bits per heavy atom. The van der Waals surface area contributed by atoms with Gasteiger partial charge in [0.15, 0.2) is 0 Å². The van der Waals surface area contributed by atoms with E-state index in [4.69, 9.17) is 15.7 Å². The van der Waals surface area contributed by atoms with Gasteiger partial charge in [0.25, 0.3) is 5.91 Å². The molecule has 0 radical (unpaired) electrons. The van der Waals surface area contributed by atoms with E-state index in [9.17, 15) is 14.0 Å². The highest BCUT2D eigenvalue weighted by Gasteiger charge is 2.26. The summed E-state index contributed by atoms with van der Waals surface area (Å²) in [7, 11) is 0. The van der Waals surface area contributed by atoms with Crippen LogP contribution in [0.4, 0.5) is 4.39 Å². The number of benzene rings is 1. The third-order valence-electron chi connectivity index (χ3n) is 3.43. The highest BCUT2D eigenvalue weighted by atomic mass is 19.1. The Kier molecular flexibility index (Phi) is 4.31. The molecule has 1 saturated heterocycles. The van der Waals surface area contributed by atoms with E-state index in [1.807, 2.05) is 0 Å². The monoisotopic (exact) mass is 282 g/mol. The predicted octanol–water partition coefficient (Wildman–Crippen LogP) is 0.938. The van der Waals surface area contributed by atoms with Gasteiger partial charge < -0.3 is 10.5 Å². The molecule has 108 valence electrons. The van der Waals surface area contributed by atoms with Crippen molar-refractivity contribution in [2.24, 2.45) is 5.73 Å². The molecule has 0 aliphatic carbocycles. The van der Waals surface area contributed by atoms with Gasteiger partial charge in [0.05, 0.1) is 11.1 Å². The SMILES string of the molecule is NC(=O)c1ccc(C2CCOCC2)c(F)c1C(=O)NO. The molecule has 1 heterocycles. The zero-order valence-corrected chi connectivity index (χ0v) is 10.7. The van der Waals surface area contributed by atoms with E-state index in [0.29, 0.717) is 31.6 Å². The van der Waals surface area contributed by atoms with E-state index >= 15 is 0 Å². The van der Waals surface area contributed by atoms with Gasteiger partial charge in [0, 0.05) is 13.2 Å². The summed E-state index contributed by atoms with van der Waals surface area (Å²) in [6.45, 7) is 1.03. The first kappa shape index (κ1) is 14.4. The fraction of sp³-hybridized carbons (Fsp3) is 0.385. The molecule has 0 saturated carbocycles. The van der Waals surface area contributed by atoms with Crippen molar-refractivity contribution in [3.05, 3.63) is 34.6 Å². The van der Waals surface area contributed by atoms with E-state index in [1.165, 1.54) is 17.6 Å². The van der Waals surface area contributed by atoms with Crippen LogP contribution >= 0.6 is 0 Å². The van der Waals surface area contributed by atoms with Crippen molar-refractivity contribution in [2.45, 2.75) is 18.8 Å². The number of ether oxygens (including phenoxy) is 1. The fourth-order valence-corrected chi connectivity index (χ4v) is 2.40. The van der Waals surface area contributed by atoms with E-state index in [2.05, 4.69) is 0 Å². The number of amides is 2. The molecular formula is C13H15FN2O4. The number of halogens is 1. The first-order valence-electron chi connectivity index (χ1n) is 6.20. The van der Waals surface area contributed by atoms with Crippen LogP contribution < -0.4 is 11.2 Å². The van der Waals surface area contributed by atoms with Crippen LogP contribution in [0.2, 0.25) is 0 Å². The second-order valence-electron chi connectivity index (χ2n) is 4.58. The van der Waals surface area contributed by atoms with Crippen molar-refractivity contribution in [2.75, 3.05) is 13.2 Å². The van der Waals surface area contributed by atoms with Gasteiger partial charge in [-0.1, -0.05) is 6.07 Å². The molecule has 0 unspecified atom stereocenters. The minimum Gasteiger partial charge on any atom is -0.381 e.